The van der Waals surface area contributed by atoms with E-state index in [9.17, 15) is 14.4 Å². The van der Waals surface area contributed by atoms with Gasteiger partial charge < -0.3 is 24.6 Å². The lowest BCUT2D eigenvalue weighted by molar-refractivity contribution is -0.117. The van der Waals surface area contributed by atoms with Crippen LogP contribution in [0.25, 0.3) is 5.57 Å². The van der Waals surface area contributed by atoms with Crippen molar-refractivity contribution >= 4 is 28.6 Å². The van der Waals surface area contributed by atoms with Crippen LogP contribution in [0, 0.1) is 0 Å². The Morgan fingerprint density at radius 2 is 1.33 bits per heavy atom. The molecular formula is C50H66N2O3. The lowest BCUT2D eigenvalue weighted by Gasteiger charge is -2.28. The molecule has 3 aliphatic rings. The van der Waals surface area contributed by atoms with Crippen molar-refractivity contribution in [2.75, 3.05) is 18.0 Å². The number of unbranched alkanes of at least 4 members (excludes halogenated alkanes) is 4. The second-order valence-electron chi connectivity index (χ2n) is 17.2. The summed E-state index contributed by atoms with van der Waals surface area (Å²) in [6, 6.07) is 17.7. The van der Waals surface area contributed by atoms with Gasteiger partial charge in [-0.2, -0.15) is 0 Å². The van der Waals surface area contributed by atoms with Crippen LogP contribution in [0.4, 0.5) is 5.69 Å². The van der Waals surface area contributed by atoms with Gasteiger partial charge >= 0.3 is 0 Å². The number of para-hydroxylation sites is 1. The molecule has 0 radical (unpaired) electrons. The first-order valence-electron chi connectivity index (χ1n) is 21.1. The van der Waals surface area contributed by atoms with Gasteiger partial charge in [0.2, 0.25) is 0 Å². The zero-order valence-corrected chi connectivity index (χ0v) is 34.9. The highest BCUT2D eigenvalue weighted by molar-refractivity contribution is 5.82. The van der Waals surface area contributed by atoms with Crippen molar-refractivity contribution in [2.24, 2.45) is 0 Å². The lowest BCUT2D eigenvalue weighted by Crippen LogP contribution is -2.27. The van der Waals surface area contributed by atoms with Gasteiger partial charge in [-0.15, -0.1) is 0 Å². The summed E-state index contributed by atoms with van der Waals surface area (Å²) in [5.74, 6) is 0.776. The van der Waals surface area contributed by atoms with E-state index in [4.69, 9.17) is 0 Å². The Hall–Kier alpha value is -4.25. The quantitative estimate of drug-likeness (QED) is 0.137. The summed E-state index contributed by atoms with van der Waals surface area (Å²) in [6.07, 6.45) is 22.5. The molecule has 294 valence electrons. The van der Waals surface area contributed by atoms with E-state index in [1.165, 1.54) is 56.1 Å². The summed E-state index contributed by atoms with van der Waals surface area (Å²) in [5, 5.41) is 3.83. The largest absolute Gasteiger partial charge is 0.385 e. The molecule has 1 aliphatic heterocycles. The maximum atomic E-state index is 11.9. The molecule has 2 aromatic rings. The van der Waals surface area contributed by atoms with Gasteiger partial charge in [0.05, 0.1) is 0 Å². The first-order chi connectivity index (χ1) is 26.3. The minimum atomic E-state index is -0.138. The van der Waals surface area contributed by atoms with Crippen molar-refractivity contribution in [3.8, 4) is 0 Å². The number of allylic oxidation sites excluding steroid dienone is 9. The molecule has 5 heteroatoms. The normalized spacial score (nSPS) is 18.8. The maximum absolute atomic E-state index is 11.9. The Morgan fingerprint density at radius 1 is 0.691 bits per heavy atom. The summed E-state index contributed by atoms with van der Waals surface area (Å²) in [7, 11) is 0. The number of nitrogens with zero attached hydrogens (tertiary/aromatic N) is 1. The lowest BCUT2D eigenvalue weighted by atomic mass is 9.80. The molecule has 0 fully saturated rings. The van der Waals surface area contributed by atoms with Crippen molar-refractivity contribution in [1.82, 2.24) is 5.32 Å². The summed E-state index contributed by atoms with van der Waals surface area (Å²) in [4.78, 5) is 37.5. The first kappa shape index (κ1) is 41.9. The average molecular weight is 743 g/mol. The van der Waals surface area contributed by atoms with Gasteiger partial charge in [-0.25, -0.2) is 0 Å². The fraction of sp³-hybridized carbons (Fsp3) is 0.500. The number of carbonyl (C=O) groups excluding carboxylic acids is 3. The highest BCUT2D eigenvalue weighted by atomic mass is 16.1. The Kier molecular flexibility index (Phi) is 14.5. The second-order valence-corrected chi connectivity index (χ2v) is 17.2. The molecule has 0 spiro atoms. The Labute approximate surface area is 332 Å². The first-order valence-corrected chi connectivity index (χ1v) is 21.1. The zero-order valence-electron chi connectivity index (χ0n) is 34.9. The van der Waals surface area contributed by atoms with Gasteiger partial charge in [0.1, 0.15) is 17.3 Å². The standard InChI is InChI=1S/C50H66N2O3/c1-36(53)20-10-8-12-25-42-41-26-13-14-27-43(41)49(4,5)44(42)32-30-39-23-18-24-40(48(39)51-34-19-22-38(3)55)31-33-47-50(6,7)45-28-15-16-29-46(45)52(47)35-17-9-11-21-37(2)54/h13-16,26-33,51H,8-12,17-25,34-35H2,1-7H3/b32-30+,40-31+,47-33+. The molecule has 2 aromatic carbocycles. The van der Waals surface area contributed by atoms with E-state index < -0.39 is 0 Å². The van der Waals surface area contributed by atoms with E-state index in [-0.39, 0.29) is 28.2 Å². The van der Waals surface area contributed by atoms with E-state index in [1.54, 1.807) is 20.8 Å². The van der Waals surface area contributed by atoms with Crippen LogP contribution in [0.15, 0.2) is 101 Å². The predicted molar refractivity (Wildman–Crippen MR) is 230 cm³/mol. The average Bonchev–Trinajstić information content (AvgIpc) is 3.49. The molecule has 5 rings (SSSR count). The summed E-state index contributed by atoms with van der Waals surface area (Å²) >= 11 is 0. The molecular weight excluding hydrogens is 677 g/mol. The third-order valence-electron chi connectivity index (χ3n) is 12.0. The molecule has 0 atom stereocenters. The van der Waals surface area contributed by atoms with Crippen LogP contribution < -0.4 is 10.2 Å². The van der Waals surface area contributed by atoms with E-state index >= 15 is 0 Å². The number of nitrogens with one attached hydrogen (secondary N) is 1. The zero-order chi connectivity index (χ0) is 39.6. The monoisotopic (exact) mass is 743 g/mol. The molecule has 0 saturated carbocycles. The van der Waals surface area contributed by atoms with Crippen LogP contribution >= 0.6 is 0 Å². The van der Waals surface area contributed by atoms with Crippen molar-refractivity contribution in [3.63, 3.8) is 0 Å². The Morgan fingerprint density at radius 3 is 2.04 bits per heavy atom. The fourth-order valence-electron chi connectivity index (χ4n) is 8.99. The predicted octanol–water partition coefficient (Wildman–Crippen LogP) is 12.0. The van der Waals surface area contributed by atoms with Gasteiger partial charge in [0.15, 0.2) is 0 Å². The molecule has 0 unspecified atom stereocenters. The number of hydrogen-bond acceptors (Lipinski definition) is 5. The van der Waals surface area contributed by atoms with Gasteiger partial charge in [-0.05, 0) is 130 Å². The topological polar surface area (TPSA) is 66.5 Å². The van der Waals surface area contributed by atoms with Crippen LogP contribution in [0.3, 0.4) is 0 Å². The second kappa shape index (κ2) is 19.1. The van der Waals surface area contributed by atoms with E-state index in [2.05, 4.69) is 111 Å². The molecule has 0 aromatic heterocycles. The number of rotatable bonds is 20. The van der Waals surface area contributed by atoms with Crippen molar-refractivity contribution < 1.29 is 14.4 Å². The third kappa shape index (κ3) is 10.3. The molecule has 0 bridgehead atoms. The fourth-order valence-corrected chi connectivity index (χ4v) is 8.99. The third-order valence-corrected chi connectivity index (χ3v) is 12.0. The Bertz CT molecular complexity index is 1880. The minimum Gasteiger partial charge on any atom is -0.385 e. The van der Waals surface area contributed by atoms with Gasteiger partial charge in [-0.1, -0.05) is 101 Å². The minimum absolute atomic E-state index is 0.103. The SMILES string of the molecule is CC(=O)CCCCCC1=C(/C=C/C2=C(NCCCC(C)=O)C(=C/C=C3/N(CCCCCC(C)=O)c4ccccc4C3(C)C)/CCC2)C(C)(C)c2ccccc21. The maximum Gasteiger partial charge on any atom is 0.129 e. The van der Waals surface area contributed by atoms with E-state index in [1.807, 2.05) is 0 Å². The number of ketones is 3. The number of fused-ring (bicyclic) bond motifs is 2. The molecule has 1 heterocycles. The Balaban J connectivity index is 1.49. The van der Waals surface area contributed by atoms with Gasteiger partial charge in [0, 0.05) is 60.3 Å². The molecule has 0 amide bonds. The molecule has 55 heavy (non-hydrogen) atoms. The van der Waals surface area contributed by atoms with Gasteiger partial charge in [-0.3, -0.25) is 0 Å². The molecule has 0 saturated heterocycles. The summed E-state index contributed by atoms with van der Waals surface area (Å²) in [6.45, 7) is 16.1. The van der Waals surface area contributed by atoms with Crippen LogP contribution in [0.5, 0.6) is 0 Å². The van der Waals surface area contributed by atoms with Crippen LogP contribution in [-0.2, 0) is 25.2 Å². The molecule has 2 aliphatic carbocycles. The summed E-state index contributed by atoms with van der Waals surface area (Å²) < 4.78 is 0. The van der Waals surface area contributed by atoms with Crippen LogP contribution in [-0.4, -0.2) is 30.4 Å². The highest BCUT2D eigenvalue weighted by Gasteiger charge is 2.39. The summed E-state index contributed by atoms with van der Waals surface area (Å²) in [5.41, 5.74) is 13.2. The van der Waals surface area contributed by atoms with Crippen LogP contribution in [0.2, 0.25) is 0 Å². The van der Waals surface area contributed by atoms with Gasteiger partial charge in [0.25, 0.3) is 0 Å². The molecule has 5 nitrogen and oxygen atoms in total. The number of anilines is 1. The number of Topliss-reactive ketones (excluding diaryl/α,β-unsaturated/α-hetero) is 3. The van der Waals surface area contributed by atoms with Crippen molar-refractivity contribution in [3.05, 3.63) is 118 Å². The smallest absolute Gasteiger partial charge is 0.129 e. The van der Waals surface area contributed by atoms with E-state index in [0.717, 1.165) is 83.7 Å². The molecule has 1 N–H and O–H groups in total. The van der Waals surface area contributed by atoms with Crippen molar-refractivity contribution in [1.29, 1.82) is 0 Å². The van der Waals surface area contributed by atoms with Crippen LogP contribution in [0.1, 0.15) is 155 Å². The van der Waals surface area contributed by atoms with E-state index in [0.29, 0.717) is 19.3 Å². The highest BCUT2D eigenvalue weighted by Crippen LogP contribution is 2.50. The number of carbonyl (C=O) groups is 3. The number of hydrogen-bond donors (Lipinski definition) is 1. The number of benzene rings is 2. The van der Waals surface area contributed by atoms with Crippen molar-refractivity contribution in [2.45, 2.75) is 149 Å².